The van der Waals surface area contributed by atoms with Crippen LogP contribution >= 0.6 is 15.9 Å². The third-order valence-electron chi connectivity index (χ3n) is 1.14. The third-order valence-corrected chi connectivity index (χ3v) is 1.60. The number of aromatic nitrogens is 1. The van der Waals surface area contributed by atoms with E-state index in [1.54, 1.807) is 0 Å². The lowest BCUT2D eigenvalue weighted by Crippen LogP contribution is -1.97. The molecule has 0 aliphatic heterocycles. The van der Waals surface area contributed by atoms with Gasteiger partial charge in [-0.1, -0.05) is 29.6 Å². The van der Waals surface area contributed by atoms with Gasteiger partial charge in [0.2, 0.25) is 5.95 Å². The SMILES string of the molecule is [2H]C([2H])([2H])C([2H])([2H])C([2H])(c1cc(Br)cc(F)n1)C([2H])([2H])[2H]. The van der Waals surface area contributed by atoms with E-state index in [2.05, 4.69) is 20.9 Å². The molecule has 1 rings (SSSR count). The third kappa shape index (κ3) is 2.27. The highest BCUT2D eigenvalue weighted by atomic mass is 79.9. The molecular formula is C9H11BrFN. The number of pyridine rings is 1. The summed E-state index contributed by atoms with van der Waals surface area (Å²) in [5.41, 5.74) is -0.824. The van der Waals surface area contributed by atoms with Crippen molar-refractivity contribution in [2.45, 2.75) is 26.0 Å². The molecule has 1 aromatic heterocycles. The van der Waals surface area contributed by atoms with Gasteiger partial charge in [-0.05, 0) is 18.3 Å². The molecule has 1 aromatic rings. The largest absolute Gasteiger partial charge is 0.224 e. The topological polar surface area (TPSA) is 12.9 Å². The predicted molar refractivity (Wildman–Crippen MR) is 50.6 cm³/mol. The van der Waals surface area contributed by atoms with Gasteiger partial charge in [0, 0.05) is 28.6 Å². The van der Waals surface area contributed by atoms with Crippen LogP contribution in [0.5, 0.6) is 0 Å². The first kappa shape index (κ1) is 3.05. The second-order valence-corrected chi connectivity index (χ2v) is 2.91. The predicted octanol–water partition coefficient (Wildman–Crippen LogP) is 3.50. The quantitative estimate of drug-likeness (QED) is 0.722. The van der Waals surface area contributed by atoms with Crippen molar-refractivity contribution in [2.24, 2.45) is 0 Å². The fourth-order valence-corrected chi connectivity index (χ4v) is 1.06. The van der Waals surface area contributed by atoms with E-state index in [0.717, 1.165) is 12.1 Å². The van der Waals surface area contributed by atoms with Gasteiger partial charge in [0.05, 0.1) is 0 Å². The normalized spacial score (nSPS) is 30.0. The lowest BCUT2D eigenvalue weighted by atomic mass is 10.1. The zero-order chi connectivity index (χ0) is 16.9. The van der Waals surface area contributed by atoms with Crippen molar-refractivity contribution in [1.29, 1.82) is 0 Å². The van der Waals surface area contributed by atoms with Gasteiger partial charge in [-0.25, -0.2) is 4.98 Å². The summed E-state index contributed by atoms with van der Waals surface area (Å²) < 4.78 is 80.4. The lowest BCUT2D eigenvalue weighted by Gasteiger charge is -2.07. The van der Waals surface area contributed by atoms with Crippen LogP contribution in [0.2, 0.25) is 0 Å². The molecule has 0 bridgehead atoms. The molecule has 0 aromatic carbocycles. The summed E-state index contributed by atoms with van der Waals surface area (Å²) in [6.07, 6.45) is -3.48. The van der Waals surface area contributed by atoms with E-state index in [9.17, 15) is 4.39 Å². The molecule has 1 heterocycles. The smallest absolute Gasteiger partial charge is 0.214 e. The number of hydrogen-bond donors (Lipinski definition) is 0. The summed E-state index contributed by atoms with van der Waals surface area (Å²) in [6, 6.07) is 1.81. The van der Waals surface area contributed by atoms with Crippen molar-refractivity contribution < 1.29 is 16.7 Å². The minimum Gasteiger partial charge on any atom is -0.224 e. The zero-order valence-electron chi connectivity index (χ0n) is 14.9. The van der Waals surface area contributed by atoms with Crippen molar-refractivity contribution in [3.05, 3.63) is 28.2 Å². The van der Waals surface area contributed by atoms with Crippen LogP contribution < -0.4 is 0 Å². The molecule has 0 N–H and O–H groups in total. The van der Waals surface area contributed by atoms with E-state index >= 15 is 0 Å². The Morgan fingerprint density at radius 1 is 1.92 bits per heavy atom. The molecule has 1 atom stereocenters. The molecule has 0 spiro atoms. The van der Waals surface area contributed by atoms with Crippen molar-refractivity contribution >= 4 is 15.9 Å². The fourth-order valence-electron chi connectivity index (χ4n) is 0.658. The number of halogens is 2. The van der Waals surface area contributed by atoms with E-state index in [-0.39, 0.29) is 4.47 Å². The highest BCUT2D eigenvalue weighted by molar-refractivity contribution is 9.10. The van der Waals surface area contributed by atoms with Crippen LogP contribution in [0.15, 0.2) is 16.6 Å². The molecule has 3 heteroatoms. The van der Waals surface area contributed by atoms with E-state index in [1.165, 1.54) is 0 Å². The Kier molecular flexibility index (Phi) is 1.01. The minimum absolute atomic E-state index is 0.0206. The van der Waals surface area contributed by atoms with E-state index in [1.807, 2.05) is 0 Å². The molecular weight excluding hydrogens is 221 g/mol. The summed E-state index contributed by atoms with van der Waals surface area (Å²) in [5, 5.41) is 0. The Balaban J connectivity index is 3.71. The number of nitrogens with zero attached hydrogens (tertiary/aromatic N) is 1. The monoisotopic (exact) mass is 240 g/mol. The van der Waals surface area contributed by atoms with Crippen molar-refractivity contribution in [3.8, 4) is 0 Å². The lowest BCUT2D eigenvalue weighted by molar-refractivity contribution is 0.564. The number of rotatable bonds is 2. The van der Waals surface area contributed by atoms with Crippen LogP contribution in [0.3, 0.4) is 0 Å². The van der Waals surface area contributed by atoms with E-state index < -0.39 is 37.6 Å². The molecule has 12 heavy (non-hydrogen) atoms. The van der Waals surface area contributed by atoms with Crippen LogP contribution in [0.1, 0.15) is 44.0 Å². The van der Waals surface area contributed by atoms with Gasteiger partial charge in [0.25, 0.3) is 0 Å². The van der Waals surface area contributed by atoms with E-state index in [0.29, 0.717) is 0 Å². The molecule has 0 aliphatic carbocycles. The van der Waals surface area contributed by atoms with Gasteiger partial charge >= 0.3 is 0 Å². The Hall–Kier alpha value is -0.440. The maximum absolute atomic E-state index is 13.4. The van der Waals surface area contributed by atoms with Crippen LogP contribution in [-0.2, 0) is 0 Å². The van der Waals surface area contributed by atoms with Gasteiger partial charge in [0.15, 0.2) is 0 Å². The molecule has 0 amide bonds. The number of hydrogen-bond acceptors (Lipinski definition) is 1. The first-order valence-corrected chi connectivity index (χ1v) is 3.77. The summed E-state index contributed by atoms with van der Waals surface area (Å²) >= 11 is 2.88. The Bertz CT molecular complexity index is 521. The standard InChI is InChI=1S/C9H11BrFN/c1-3-6(2)8-4-7(10)5-9(11)12-8/h4-6H,3H2,1-2H3/i1D3,2D3,3D2,6D. The average molecular weight is 241 g/mol. The maximum Gasteiger partial charge on any atom is 0.214 e. The van der Waals surface area contributed by atoms with Gasteiger partial charge < -0.3 is 0 Å². The molecule has 66 valence electrons. The van der Waals surface area contributed by atoms with Gasteiger partial charge in [-0.15, -0.1) is 0 Å². The van der Waals surface area contributed by atoms with Crippen LogP contribution in [0, 0.1) is 5.95 Å². The molecule has 0 saturated heterocycles. The summed E-state index contributed by atoms with van der Waals surface area (Å²) in [5.74, 6) is -4.42. The van der Waals surface area contributed by atoms with Crippen LogP contribution in [-0.4, -0.2) is 4.98 Å². The van der Waals surface area contributed by atoms with Crippen molar-refractivity contribution in [1.82, 2.24) is 4.98 Å². The van der Waals surface area contributed by atoms with Crippen molar-refractivity contribution in [3.63, 3.8) is 0 Å². The molecule has 0 saturated carbocycles. The first-order chi connectivity index (χ1) is 9.14. The van der Waals surface area contributed by atoms with Gasteiger partial charge in [-0.2, -0.15) is 4.39 Å². The molecule has 0 aliphatic rings. The molecule has 0 fully saturated rings. The zero-order valence-corrected chi connectivity index (χ0v) is 7.44. The fraction of sp³-hybridized carbons (Fsp3) is 0.444. The Morgan fingerprint density at radius 2 is 2.75 bits per heavy atom. The molecule has 1 nitrogen and oxygen atoms in total. The second kappa shape index (κ2) is 3.99. The average Bonchev–Trinajstić information content (AvgIpc) is 2.22. The molecule has 0 radical (unpaired) electrons. The second-order valence-electron chi connectivity index (χ2n) is 1.99. The van der Waals surface area contributed by atoms with E-state index in [4.69, 9.17) is 12.3 Å². The van der Waals surface area contributed by atoms with Crippen LogP contribution in [0.4, 0.5) is 4.39 Å². The first-order valence-electron chi connectivity index (χ1n) is 7.48. The minimum atomic E-state index is -3.48. The molecule has 1 unspecified atom stereocenters. The highest BCUT2D eigenvalue weighted by Crippen LogP contribution is 2.20. The Morgan fingerprint density at radius 3 is 3.33 bits per heavy atom. The van der Waals surface area contributed by atoms with Gasteiger partial charge in [-0.3, -0.25) is 0 Å². The van der Waals surface area contributed by atoms with Crippen LogP contribution in [0.25, 0.3) is 0 Å². The summed E-state index contributed by atoms with van der Waals surface area (Å²) in [6.45, 7) is -6.80. The van der Waals surface area contributed by atoms with Crippen molar-refractivity contribution in [2.75, 3.05) is 0 Å². The highest BCUT2D eigenvalue weighted by Gasteiger charge is 2.06. The maximum atomic E-state index is 13.4. The summed E-state index contributed by atoms with van der Waals surface area (Å²) in [4.78, 5) is 3.22. The summed E-state index contributed by atoms with van der Waals surface area (Å²) in [7, 11) is 0. The Labute approximate surface area is 92.8 Å². The van der Waals surface area contributed by atoms with Gasteiger partial charge in [0.1, 0.15) is 0 Å².